The number of phenolic OH excluding ortho intramolecular Hbond substituents is 2. The van der Waals surface area contributed by atoms with Crippen LogP contribution >= 0.6 is 0 Å². The summed E-state index contributed by atoms with van der Waals surface area (Å²) in [5.74, 6) is -0.711. The number of anilines is 1. The van der Waals surface area contributed by atoms with Gasteiger partial charge in [0.2, 0.25) is 0 Å². The van der Waals surface area contributed by atoms with E-state index in [-0.39, 0.29) is 23.0 Å². The Balaban J connectivity index is 1.99. The molecule has 0 aliphatic rings. The van der Waals surface area contributed by atoms with Gasteiger partial charge >= 0.3 is 0 Å². The van der Waals surface area contributed by atoms with Crippen molar-refractivity contribution in [3.05, 3.63) is 59.8 Å². The molecule has 2 aromatic carbocycles. The molecule has 0 bridgehead atoms. The van der Waals surface area contributed by atoms with E-state index in [1.54, 1.807) is 12.3 Å². The highest BCUT2D eigenvalue weighted by molar-refractivity contribution is 6.09. The molecule has 3 N–H and O–H groups in total. The van der Waals surface area contributed by atoms with Gasteiger partial charge in [-0.15, -0.1) is 0 Å². The van der Waals surface area contributed by atoms with E-state index in [1.807, 2.05) is 38.1 Å². The Kier molecular flexibility index (Phi) is 4.08. The van der Waals surface area contributed by atoms with E-state index in [2.05, 4.69) is 10.3 Å². The Morgan fingerprint density at radius 3 is 2.58 bits per heavy atom. The van der Waals surface area contributed by atoms with Gasteiger partial charge in [0.1, 0.15) is 11.5 Å². The molecule has 0 aliphatic carbocycles. The Labute approximate surface area is 139 Å². The van der Waals surface area contributed by atoms with Gasteiger partial charge in [-0.05, 0) is 29.7 Å². The molecule has 24 heavy (non-hydrogen) atoms. The van der Waals surface area contributed by atoms with Crippen LogP contribution < -0.4 is 5.32 Å². The van der Waals surface area contributed by atoms with Gasteiger partial charge in [0, 0.05) is 17.6 Å². The van der Waals surface area contributed by atoms with Crippen LogP contribution in [0.2, 0.25) is 0 Å². The lowest BCUT2D eigenvalue weighted by Gasteiger charge is -2.13. The van der Waals surface area contributed by atoms with Crippen LogP contribution in [0.3, 0.4) is 0 Å². The summed E-state index contributed by atoms with van der Waals surface area (Å²) in [6.07, 6.45) is 1.66. The zero-order valence-electron chi connectivity index (χ0n) is 13.4. The third-order valence-corrected chi connectivity index (χ3v) is 3.89. The molecule has 0 spiro atoms. The molecule has 5 heteroatoms. The van der Waals surface area contributed by atoms with E-state index >= 15 is 0 Å². The molecule has 3 rings (SSSR count). The summed E-state index contributed by atoms with van der Waals surface area (Å²) in [7, 11) is 0. The molecule has 1 aromatic heterocycles. The van der Waals surface area contributed by atoms with Crippen LogP contribution in [0, 0.1) is 0 Å². The minimum absolute atomic E-state index is 0.0223. The number of aromatic nitrogens is 1. The summed E-state index contributed by atoms with van der Waals surface area (Å²) in [5, 5.41) is 23.6. The fourth-order valence-corrected chi connectivity index (χ4v) is 2.63. The molecule has 0 unspecified atom stereocenters. The summed E-state index contributed by atoms with van der Waals surface area (Å²) in [6, 6.07) is 12.0. The van der Waals surface area contributed by atoms with E-state index in [0.717, 1.165) is 5.39 Å². The number of aromatic hydroxyl groups is 2. The fourth-order valence-electron chi connectivity index (χ4n) is 2.63. The lowest BCUT2D eigenvalue weighted by Crippen LogP contribution is -2.13. The van der Waals surface area contributed by atoms with E-state index in [9.17, 15) is 15.0 Å². The first-order chi connectivity index (χ1) is 11.5. The smallest absolute Gasteiger partial charge is 0.259 e. The van der Waals surface area contributed by atoms with Crippen LogP contribution in [0.5, 0.6) is 11.5 Å². The van der Waals surface area contributed by atoms with Crippen molar-refractivity contribution in [3.63, 3.8) is 0 Å². The lowest BCUT2D eigenvalue weighted by molar-refractivity contribution is 0.102. The quantitative estimate of drug-likeness (QED) is 0.680. The number of hydrogen-bond acceptors (Lipinski definition) is 4. The predicted octanol–water partition coefficient (Wildman–Crippen LogP) is 4.02. The molecule has 0 fully saturated rings. The second-order valence-corrected chi connectivity index (χ2v) is 5.92. The van der Waals surface area contributed by atoms with Gasteiger partial charge < -0.3 is 15.5 Å². The zero-order valence-corrected chi connectivity index (χ0v) is 13.4. The van der Waals surface area contributed by atoms with E-state index in [0.29, 0.717) is 16.8 Å². The summed E-state index contributed by atoms with van der Waals surface area (Å²) < 4.78 is 0. The normalized spacial score (nSPS) is 11.0. The first-order valence-corrected chi connectivity index (χ1v) is 7.68. The van der Waals surface area contributed by atoms with E-state index < -0.39 is 5.91 Å². The maximum absolute atomic E-state index is 12.6. The number of fused-ring (bicyclic) bond motifs is 1. The van der Waals surface area contributed by atoms with Gasteiger partial charge in [-0.3, -0.25) is 9.78 Å². The standard InChI is InChI=1S/C19H18N2O3/c1-11(2)13-9-14(17(23)10-16(13)22)19(24)21-15-7-3-5-12-6-4-8-20-18(12)15/h3-11,22-23H,1-2H3,(H,21,24). The number of pyridine rings is 1. The second-order valence-electron chi connectivity index (χ2n) is 5.92. The van der Waals surface area contributed by atoms with Gasteiger partial charge in [0.25, 0.3) is 5.91 Å². The minimum atomic E-state index is -0.451. The van der Waals surface area contributed by atoms with Crippen LogP contribution in [0.4, 0.5) is 5.69 Å². The van der Waals surface area contributed by atoms with Crippen molar-refractivity contribution in [1.29, 1.82) is 0 Å². The van der Waals surface area contributed by atoms with Gasteiger partial charge in [-0.2, -0.15) is 0 Å². The minimum Gasteiger partial charge on any atom is -0.508 e. The molecule has 0 aliphatic heterocycles. The highest BCUT2D eigenvalue weighted by Crippen LogP contribution is 2.33. The van der Waals surface area contributed by atoms with Gasteiger partial charge in [-0.25, -0.2) is 0 Å². The van der Waals surface area contributed by atoms with Crippen molar-refractivity contribution in [1.82, 2.24) is 4.98 Å². The molecule has 1 heterocycles. The third-order valence-electron chi connectivity index (χ3n) is 3.89. The maximum Gasteiger partial charge on any atom is 0.259 e. The van der Waals surface area contributed by atoms with Crippen LogP contribution in [-0.4, -0.2) is 21.1 Å². The van der Waals surface area contributed by atoms with Crippen molar-refractivity contribution in [2.24, 2.45) is 0 Å². The number of amides is 1. The molecule has 0 atom stereocenters. The number of carbonyl (C=O) groups is 1. The number of rotatable bonds is 3. The number of carbonyl (C=O) groups excluding carboxylic acids is 1. The fraction of sp³-hybridized carbons (Fsp3) is 0.158. The molecule has 1 amide bonds. The van der Waals surface area contributed by atoms with Crippen LogP contribution in [0.1, 0.15) is 35.7 Å². The van der Waals surface area contributed by atoms with Crippen LogP contribution in [0.25, 0.3) is 10.9 Å². The Morgan fingerprint density at radius 1 is 1.08 bits per heavy atom. The molecule has 122 valence electrons. The summed E-state index contributed by atoms with van der Waals surface area (Å²) in [4.78, 5) is 16.9. The summed E-state index contributed by atoms with van der Waals surface area (Å²) in [6.45, 7) is 3.81. The zero-order chi connectivity index (χ0) is 17.3. The summed E-state index contributed by atoms with van der Waals surface area (Å²) >= 11 is 0. The third kappa shape index (κ3) is 2.88. The first kappa shape index (κ1) is 15.8. The highest BCUT2D eigenvalue weighted by Gasteiger charge is 2.17. The van der Waals surface area contributed by atoms with Gasteiger partial charge in [-0.1, -0.05) is 32.0 Å². The highest BCUT2D eigenvalue weighted by atomic mass is 16.3. The van der Waals surface area contributed by atoms with Crippen molar-refractivity contribution in [2.75, 3.05) is 5.32 Å². The van der Waals surface area contributed by atoms with Gasteiger partial charge in [0.15, 0.2) is 0 Å². The van der Waals surface area contributed by atoms with Gasteiger partial charge in [0.05, 0.1) is 16.8 Å². The predicted molar refractivity (Wildman–Crippen MR) is 93.6 cm³/mol. The topological polar surface area (TPSA) is 82.5 Å². The largest absolute Gasteiger partial charge is 0.508 e. The Bertz CT molecular complexity index is 914. The molecule has 0 radical (unpaired) electrons. The van der Waals surface area contributed by atoms with Crippen molar-refractivity contribution >= 4 is 22.5 Å². The Hall–Kier alpha value is -3.08. The molecule has 3 aromatic rings. The van der Waals surface area contributed by atoms with Crippen LogP contribution in [0.15, 0.2) is 48.7 Å². The van der Waals surface area contributed by atoms with E-state index in [4.69, 9.17) is 0 Å². The number of nitrogens with one attached hydrogen (secondary N) is 1. The van der Waals surface area contributed by atoms with Crippen molar-refractivity contribution in [3.8, 4) is 11.5 Å². The molecule has 0 saturated heterocycles. The summed E-state index contributed by atoms with van der Waals surface area (Å²) in [5.41, 5.74) is 1.96. The van der Waals surface area contributed by atoms with Crippen molar-refractivity contribution < 1.29 is 15.0 Å². The Morgan fingerprint density at radius 2 is 1.83 bits per heavy atom. The average molecular weight is 322 g/mol. The number of hydrogen-bond donors (Lipinski definition) is 3. The molecule has 5 nitrogen and oxygen atoms in total. The molecular formula is C19H18N2O3. The number of para-hydroxylation sites is 1. The number of benzene rings is 2. The average Bonchev–Trinajstić information content (AvgIpc) is 2.54. The number of nitrogens with zero attached hydrogens (tertiary/aromatic N) is 1. The number of phenols is 2. The van der Waals surface area contributed by atoms with Crippen molar-refractivity contribution in [2.45, 2.75) is 19.8 Å². The monoisotopic (exact) mass is 322 g/mol. The second kappa shape index (κ2) is 6.20. The SMILES string of the molecule is CC(C)c1cc(C(=O)Nc2cccc3cccnc23)c(O)cc1O. The van der Waals surface area contributed by atoms with Crippen LogP contribution in [-0.2, 0) is 0 Å². The van der Waals surface area contributed by atoms with E-state index in [1.165, 1.54) is 12.1 Å². The lowest BCUT2D eigenvalue weighted by atomic mass is 9.98. The maximum atomic E-state index is 12.6. The molecular weight excluding hydrogens is 304 g/mol. The molecule has 0 saturated carbocycles. The first-order valence-electron chi connectivity index (χ1n) is 7.68.